The topological polar surface area (TPSA) is 65.5 Å². The van der Waals surface area contributed by atoms with Crippen LogP contribution < -0.4 is 5.32 Å². The predicted octanol–water partition coefficient (Wildman–Crippen LogP) is 4.81. The summed E-state index contributed by atoms with van der Waals surface area (Å²) in [6.45, 7) is 5.07. The molecule has 1 aromatic heterocycles. The molecule has 6 heteroatoms. The fourth-order valence-corrected chi connectivity index (χ4v) is 4.25. The second kappa shape index (κ2) is 10.3. The number of carbonyl (C=O) groups excluding carboxylic acids is 2. The molecule has 0 bridgehead atoms. The third-order valence-electron chi connectivity index (χ3n) is 6.10. The van der Waals surface area contributed by atoms with Crippen LogP contribution in [0.3, 0.4) is 0 Å². The molecule has 34 heavy (non-hydrogen) atoms. The lowest BCUT2D eigenvalue weighted by molar-refractivity contribution is -0.121. The van der Waals surface area contributed by atoms with Crippen molar-refractivity contribution in [3.8, 4) is 0 Å². The lowest BCUT2D eigenvalue weighted by atomic mass is 9.95. The highest BCUT2D eigenvalue weighted by Gasteiger charge is 2.28. The minimum absolute atomic E-state index is 0.0219. The summed E-state index contributed by atoms with van der Waals surface area (Å²) in [5.74, 6) is 0.371. The van der Waals surface area contributed by atoms with Crippen LogP contribution in [0.1, 0.15) is 28.8 Å². The Morgan fingerprint density at radius 3 is 2.44 bits per heavy atom. The van der Waals surface area contributed by atoms with Crippen molar-refractivity contribution in [3.05, 3.63) is 90.8 Å². The first-order valence-electron chi connectivity index (χ1n) is 11.5. The zero-order valence-electron chi connectivity index (χ0n) is 19.7. The van der Waals surface area contributed by atoms with Gasteiger partial charge >= 0.3 is 0 Å². The van der Waals surface area contributed by atoms with Crippen molar-refractivity contribution in [1.29, 1.82) is 0 Å². The van der Waals surface area contributed by atoms with E-state index in [1.54, 1.807) is 6.20 Å². The summed E-state index contributed by atoms with van der Waals surface area (Å²) in [5.41, 5.74) is 2.76. The fraction of sp³-hybridized carbons (Fsp3) is 0.250. The van der Waals surface area contributed by atoms with Gasteiger partial charge in [-0.3, -0.25) is 9.59 Å². The Balaban J connectivity index is 1.42. The van der Waals surface area contributed by atoms with Gasteiger partial charge < -0.3 is 15.1 Å². The number of aromatic nitrogens is 1. The highest BCUT2D eigenvalue weighted by Crippen LogP contribution is 2.25. The number of piperidine rings is 1. The van der Waals surface area contributed by atoms with Crippen LogP contribution in [0.15, 0.2) is 79.6 Å². The number of nitrogens with one attached hydrogen (secondary N) is 1. The summed E-state index contributed by atoms with van der Waals surface area (Å²) in [6.07, 6.45) is 6.91. The van der Waals surface area contributed by atoms with Gasteiger partial charge in [0, 0.05) is 56.4 Å². The van der Waals surface area contributed by atoms with Gasteiger partial charge in [0.15, 0.2) is 0 Å². The average molecular weight is 455 g/mol. The summed E-state index contributed by atoms with van der Waals surface area (Å²) in [7, 11) is 3.95. The fourth-order valence-electron chi connectivity index (χ4n) is 4.25. The summed E-state index contributed by atoms with van der Waals surface area (Å²) >= 11 is 0. The summed E-state index contributed by atoms with van der Waals surface area (Å²) in [4.78, 5) is 33.8. The second-order valence-corrected chi connectivity index (χ2v) is 8.81. The van der Waals surface area contributed by atoms with Crippen LogP contribution in [-0.2, 0) is 4.79 Å². The molecule has 4 rings (SSSR count). The van der Waals surface area contributed by atoms with E-state index in [0.717, 1.165) is 21.9 Å². The molecule has 0 unspecified atom stereocenters. The van der Waals surface area contributed by atoms with Crippen molar-refractivity contribution >= 4 is 34.0 Å². The van der Waals surface area contributed by atoms with E-state index in [0.29, 0.717) is 37.3 Å². The number of pyridine rings is 1. The number of hydrogen-bond acceptors (Lipinski definition) is 4. The van der Waals surface area contributed by atoms with Crippen LogP contribution in [-0.4, -0.2) is 53.8 Å². The molecular formula is C28H30N4O2. The van der Waals surface area contributed by atoms with Gasteiger partial charge in [-0.1, -0.05) is 43.0 Å². The van der Waals surface area contributed by atoms with Crippen LogP contribution in [0.4, 0.5) is 5.82 Å². The summed E-state index contributed by atoms with van der Waals surface area (Å²) < 4.78 is 0. The lowest BCUT2D eigenvalue weighted by Gasteiger charge is -2.31. The third kappa shape index (κ3) is 5.34. The van der Waals surface area contributed by atoms with Gasteiger partial charge in [0.2, 0.25) is 5.91 Å². The quantitative estimate of drug-likeness (QED) is 0.543. The summed E-state index contributed by atoms with van der Waals surface area (Å²) in [6, 6.07) is 17.3. The molecule has 1 aliphatic heterocycles. The molecule has 6 nitrogen and oxygen atoms in total. The van der Waals surface area contributed by atoms with Crippen molar-refractivity contribution in [2.45, 2.75) is 12.8 Å². The Labute approximate surface area is 200 Å². The minimum Gasteiger partial charge on any atom is -0.383 e. The molecule has 1 aliphatic rings. The van der Waals surface area contributed by atoms with Crippen molar-refractivity contribution in [3.63, 3.8) is 0 Å². The van der Waals surface area contributed by atoms with Crippen molar-refractivity contribution in [2.24, 2.45) is 5.92 Å². The lowest BCUT2D eigenvalue weighted by Crippen LogP contribution is -2.41. The van der Waals surface area contributed by atoms with E-state index in [2.05, 4.69) is 22.9 Å². The largest absolute Gasteiger partial charge is 0.383 e. The Bertz CT molecular complexity index is 1230. The van der Waals surface area contributed by atoms with E-state index in [4.69, 9.17) is 0 Å². The van der Waals surface area contributed by atoms with Crippen LogP contribution >= 0.6 is 0 Å². The third-order valence-corrected chi connectivity index (χ3v) is 6.10. The summed E-state index contributed by atoms with van der Waals surface area (Å²) in [5, 5.41) is 4.98. The van der Waals surface area contributed by atoms with Gasteiger partial charge in [0.05, 0.1) is 0 Å². The number of nitrogens with zero attached hydrogens (tertiary/aromatic N) is 3. The molecule has 0 aliphatic carbocycles. The molecule has 2 heterocycles. The van der Waals surface area contributed by atoms with Crippen LogP contribution in [0.2, 0.25) is 0 Å². The second-order valence-electron chi connectivity index (χ2n) is 8.81. The highest BCUT2D eigenvalue weighted by atomic mass is 16.2. The first-order chi connectivity index (χ1) is 16.4. The standard InChI is InChI=1S/C28H30N4O2/c1-4-20(19-31(2)3)23-10-11-24-18-29-26(17-25(24)16-23)30-27(33)21-12-14-32(15-13-21)28(34)22-8-6-5-7-9-22/h4-11,16-19,21H,1,12-15H2,2-3H3,(H,29,30,33)/b20-19+. The van der Waals surface area contributed by atoms with Gasteiger partial charge in [0.25, 0.3) is 5.91 Å². The predicted molar refractivity (Wildman–Crippen MR) is 137 cm³/mol. The normalized spacial score (nSPS) is 14.6. The molecule has 2 amide bonds. The number of amides is 2. The molecule has 0 radical (unpaired) electrons. The van der Waals surface area contributed by atoms with Crippen molar-refractivity contribution in [2.75, 3.05) is 32.5 Å². The molecule has 3 aromatic rings. The van der Waals surface area contributed by atoms with Crippen LogP contribution in [0, 0.1) is 5.92 Å². The molecule has 2 aromatic carbocycles. The van der Waals surface area contributed by atoms with E-state index in [-0.39, 0.29) is 17.7 Å². The van der Waals surface area contributed by atoms with Crippen LogP contribution in [0.25, 0.3) is 16.3 Å². The molecule has 0 saturated carbocycles. The maximum absolute atomic E-state index is 12.9. The van der Waals surface area contributed by atoms with Gasteiger partial charge in [-0.2, -0.15) is 0 Å². The average Bonchev–Trinajstić information content (AvgIpc) is 2.87. The first-order valence-corrected chi connectivity index (χ1v) is 11.5. The number of carbonyl (C=O) groups is 2. The number of benzene rings is 2. The number of fused-ring (bicyclic) bond motifs is 1. The van der Waals surface area contributed by atoms with Crippen molar-refractivity contribution in [1.82, 2.24) is 14.8 Å². The van der Waals surface area contributed by atoms with Crippen molar-refractivity contribution < 1.29 is 9.59 Å². The number of hydrogen-bond donors (Lipinski definition) is 1. The SMILES string of the molecule is C=C/C(=C\N(C)C)c1ccc2cnc(NC(=O)C3CCN(C(=O)c4ccccc4)CC3)cc2c1. The Morgan fingerprint density at radius 2 is 1.76 bits per heavy atom. The van der Waals surface area contributed by atoms with E-state index < -0.39 is 0 Å². The maximum Gasteiger partial charge on any atom is 0.253 e. The monoisotopic (exact) mass is 454 g/mol. The van der Waals surface area contributed by atoms with E-state index >= 15 is 0 Å². The zero-order chi connectivity index (χ0) is 24.1. The number of likely N-dealkylation sites (tertiary alicyclic amines) is 1. The molecule has 1 N–H and O–H groups in total. The molecule has 1 saturated heterocycles. The minimum atomic E-state index is -0.140. The van der Waals surface area contributed by atoms with Crippen LogP contribution in [0.5, 0.6) is 0 Å². The van der Waals surface area contributed by atoms with E-state index in [1.165, 1.54) is 0 Å². The van der Waals surface area contributed by atoms with Gasteiger partial charge in [-0.05, 0) is 53.6 Å². The first kappa shape index (κ1) is 23.2. The molecule has 1 fully saturated rings. The zero-order valence-corrected chi connectivity index (χ0v) is 19.7. The maximum atomic E-state index is 12.9. The Morgan fingerprint density at radius 1 is 1.03 bits per heavy atom. The molecule has 0 atom stereocenters. The highest BCUT2D eigenvalue weighted by molar-refractivity contribution is 5.96. The van der Waals surface area contributed by atoms with Gasteiger partial charge in [-0.15, -0.1) is 0 Å². The Kier molecular flexibility index (Phi) is 7.07. The molecular weight excluding hydrogens is 424 g/mol. The van der Waals surface area contributed by atoms with Gasteiger partial charge in [-0.25, -0.2) is 4.98 Å². The Hall–Kier alpha value is -3.93. The van der Waals surface area contributed by atoms with E-state index in [9.17, 15) is 9.59 Å². The smallest absolute Gasteiger partial charge is 0.253 e. The molecule has 174 valence electrons. The van der Waals surface area contributed by atoms with E-state index in [1.807, 2.05) is 84.7 Å². The van der Waals surface area contributed by atoms with Gasteiger partial charge in [0.1, 0.15) is 5.82 Å². The molecule has 0 spiro atoms. The number of allylic oxidation sites excluding steroid dienone is 2. The number of rotatable bonds is 6. The number of anilines is 1.